The number of hydrogen-bond acceptors (Lipinski definition) is 3. The lowest BCUT2D eigenvalue weighted by molar-refractivity contribution is -0.175. The van der Waals surface area contributed by atoms with Gasteiger partial charge < -0.3 is 0 Å². The summed E-state index contributed by atoms with van der Waals surface area (Å²) in [7, 11) is -2.28. The number of para-hydroxylation sites is 1. The van der Waals surface area contributed by atoms with E-state index in [2.05, 4.69) is 9.71 Å². The largest absolute Gasteiger partial charge is 0.392 e. The van der Waals surface area contributed by atoms with Crippen molar-refractivity contribution in [2.24, 2.45) is 5.92 Å². The standard InChI is InChI=1S/C17H17F3N2O2S/c1-21-25(23,24)14-9-12-3-2-4-15(16(12)22-10-14)11-5-7-13(8-6-11)17(18,19)20/h2-5,9-10,13,21H,6-8H2,1H3. The normalized spacial score (nSPS) is 19.0. The van der Waals surface area contributed by atoms with Crippen molar-refractivity contribution in [3.63, 3.8) is 0 Å². The van der Waals surface area contributed by atoms with Gasteiger partial charge >= 0.3 is 6.18 Å². The fraction of sp³-hybridized carbons (Fsp3) is 0.353. The number of nitrogens with zero attached hydrogens (tertiary/aromatic N) is 1. The number of nitrogens with one attached hydrogen (secondary N) is 1. The van der Waals surface area contributed by atoms with Gasteiger partial charge in [0.15, 0.2) is 0 Å². The van der Waals surface area contributed by atoms with E-state index in [0.29, 0.717) is 17.3 Å². The highest BCUT2D eigenvalue weighted by Gasteiger charge is 2.39. The van der Waals surface area contributed by atoms with E-state index in [1.165, 1.54) is 19.3 Å². The van der Waals surface area contributed by atoms with Crippen molar-refractivity contribution >= 4 is 26.5 Å². The fourth-order valence-corrected chi connectivity index (χ4v) is 3.75. The molecule has 25 heavy (non-hydrogen) atoms. The smallest absolute Gasteiger partial charge is 0.254 e. The zero-order valence-electron chi connectivity index (χ0n) is 13.5. The summed E-state index contributed by atoms with van der Waals surface area (Å²) in [6.07, 6.45) is -0.952. The quantitative estimate of drug-likeness (QED) is 0.892. The lowest BCUT2D eigenvalue weighted by Gasteiger charge is -2.24. The highest BCUT2D eigenvalue weighted by molar-refractivity contribution is 7.89. The predicted octanol–water partition coefficient (Wildman–Crippen LogP) is 3.89. The van der Waals surface area contributed by atoms with Crippen LogP contribution in [0.3, 0.4) is 0 Å². The van der Waals surface area contributed by atoms with Crippen molar-refractivity contribution < 1.29 is 21.6 Å². The molecule has 1 aliphatic carbocycles. The molecule has 1 aliphatic rings. The predicted molar refractivity (Wildman–Crippen MR) is 89.4 cm³/mol. The van der Waals surface area contributed by atoms with Crippen LogP contribution in [-0.2, 0) is 10.0 Å². The molecule has 1 heterocycles. The monoisotopic (exact) mass is 370 g/mol. The van der Waals surface area contributed by atoms with Crippen molar-refractivity contribution in [3.05, 3.63) is 42.1 Å². The zero-order valence-corrected chi connectivity index (χ0v) is 14.3. The first kappa shape index (κ1) is 17.9. The number of benzene rings is 1. The Morgan fingerprint density at radius 3 is 2.64 bits per heavy atom. The van der Waals surface area contributed by atoms with Gasteiger partial charge in [-0.25, -0.2) is 13.1 Å². The first-order valence-electron chi connectivity index (χ1n) is 7.81. The molecule has 0 aliphatic heterocycles. The second-order valence-electron chi connectivity index (χ2n) is 6.00. The third-order valence-corrected chi connectivity index (χ3v) is 5.87. The van der Waals surface area contributed by atoms with Crippen LogP contribution in [0, 0.1) is 5.92 Å². The third kappa shape index (κ3) is 3.55. The topological polar surface area (TPSA) is 59.1 Å². The molecule has 134 valence electrons. The first-order chi connectivity index (χ1) is 11.7. The summed E-state index contributed by atoms with van der Waals surface area (Å²) in [5.74, 6) is -1.30. The van der Waals surface area contributed by atoms with Gasteiger partial charge in [-0.05, 0) is 37.9 Å². The van der Waals surface area contributed by atoms with Gasteiger partial charge in [0.2, 0.25) is 10.0 Å². The molecular weight excluding hydrogens is 353 g/mol. The molecule has 1 atom stereocenters. The molecule has 0 saturated carbocycles. The second-order valence-corrected chi connectivity index (χ2v) is 7.88. The van der Waals surface area contributed by atoms with E-state index in [-0.39, 0.29) is 17.7 Å². The van der Waals surface area contributed by atoms with E-state index in [0.717, 1.165) is 11.1 Å². The van der Waals surface area contributed by atoms with E-state index in [1.54, 1.807) is 24.3 Å². The van der Waals surface area contributed by atoms with Crippen LogP contribution >= 0.6 is 0 Å². The average molecular weight is 370 g/mol. The Morgan fingerprint density at radius 2 is 2.04 bits per heavy atom. The number of aromatic nitrogens is 1. The minimum atomic E-state index is -4.17. The lowest BCUT2D eigenvalue weighted by Crippen LogP contribution is -2.24. The van der Waals surface area contributed by atoms with E-state index in [4.69, 9.17) is 0 Å². The van der Waals surface area contributed by atoms with Gasteiger partial charge in [0.25, 0.3) is 0 Å². The van der Waals surface area contributed by atoms with E-state index >= 15 is 0 Å². The summed E-state index contributed by atoms with van der Waals surface area (Å²) in [4.78, 5) is 4.31. The van der Waals surface area contributed by atoms with Crippen molar-refractivity contribution in [1.82, 2.24) is 9.71 Å². The van der Waals surface area contributed by atoms with Crippen molar-refractivity contribution in [1.29, 1.82) is 0 Å². The summed E-state index contributed by atoms with van der Waals surface area (Å²) < 4.78 is 64.4. The molecule has 3 rings (SSSR count). The third-order valence-electron chi connectivity index (χ3n) is 4.48. The minimum Gasteiger partial charge on any atom is -0.254 e. The van der Waals surface area contributed by atoms with Gasteiger partial charge in [0.1, 0.15) is 4.90 Å². The summed E-state index contributed by atoms with van der Waals surface area (Å²) in [6, 6.07) is 6.81. The Labute approximate surface area is 143 Å². The SMILES string of the molecule is CNS(=O)(=O)c1cnc2c(C3=CCC(C(F)(F)F)CC3)cccc2c1. The van der Waals surface area contributed by atoms with Crippen molar-refractivity contribution in [2.75, 3.05) is 7.05 Å². The van der Waals surface area contributed by atoms with Crippen molar-refractivity contribution in [3.8, 4) is 0 Å². The fourth-order valence-electron chi connectivity index (χ4n) is 3.04. The average Bonchev–Trinajstić information content (AvgIpc) is 2.60. The molecule has 1 unspecified atom stereocenters. The van der Waals surface area contributed by atoms with Gasteiger partial charge in [-0.3, -0.25) is 4.98 Å². The van der Waals surface area contributed by atoms with Crippen LogP contribution in [0.4, 0.5) is 13.2 Å². The highest BCUT2D eigenvalue weighted by Crippen LogP contribution is 2.40. The van der Waals surface area contributed by atoms with Crippen LogP contribution in [0.25, 0.3) is 16.5 Å². The number of halogens is 3. The molecule has 1 aromatic carbocycles. The maximum Gasteiger partial charge on any atom is 0.392 e. The zero-order chi connectivity index (χ0) is 18.2. The Kier molecular flexibility index (Phi) is 4.59. The van der Waals surface area contributed by atoms with Gasteiger partial charge in [0, 0.05) is 17.1 Å². The Morgan fingerprint density at radius 1 is 1.28 bits per heavy atom. The Bertz CT molecular complexity index is 937. The molecule has 0 amide bonds. The van der Waals surface area contributed by atoms with Gasteiger partial charge in [-0.1, -0.05) is 24.3 Å². The van der Waals surface area contributed by atoms with E-state index in [1.807, 2.05) is 0 Å². The molecule has 0 radical (unpaired) electrons. The number of pyridine rings is 1. The van der Waals surface area contributed by atoms with Crippen LogP contribution < -0.4 is 4.72 Å². The van der Waals surface area contributed by atoms with Gasteiger partial charge in [-0.2, -0.15) is 13.2 Å². The van der Waals surface area contributed by atoms with E-state index < -0.39 is 22.1 Å². The number of hydrogen-bond donors (Lipinski definition) is 1. The lowest BCUT2D eigenvalue weighted by atomic mass is 9.85. The number of rotatable bonds is 3. The molecule has 4 nitrogen and oxygen atoms in total. The molecule has 1 aromatic heterocycles. The molecule has 0 saturated heterocycles. The van der Waals surface area contributed by atoms with Crippen molar-refractivity contribution in [2.45, 2.75) is 30.3 Å². The number of alkyl halides is 3. The molecule has 8 heteroatoms. The van der Waals surface area contributed by atoms with Crippen LogP contribution in [0.1, 0.15) is 24.8 Å². The van der Waals surface area contributed by atoms with Crippen LogP contribution in [-0.4, -0.2) is 26.6 Å². The molecule has 1 N–H and O–H groups in total. The highest BCUT2D eigenvalue weighted by atomic mass is 32.2. The van der Waals surface area contributed by atoms with Crippen LogP contribution in [0.15, 0.2) is 41.4 Å². The number of allylic oxidation sites excluding steroid dienone is 2. The Hall–Kier alpha value is -1.93. The molecule has 0 fully saturated rings. The number of sulfonamides is 1. The summed E-state index contributed by atoms with van der Waals surface area (Å²) in [5.41, 5.74) is 2.17. The van der Waals surface area contributed by atoms with Crippen LogP contribution in [0.2, 0.25) is 0 Å². The molecule has 0 bridgehead atoms. The van der Waals surface area contributed by atoms with Gasteiger partial charge in [0.05, 0.1) is 11.4 Å². The second kappa shape index (κ2) is 6.42. The maximum absolute atomic E-state index is 12.8. The first-order valence-corrected chi connectivity index (χ1v) is 9.29. The van der Waals surface area contributed by atoms with Crippen LogP contribution in [0.5, 0.6) is 0 Å². The van der Waals surface area contributed by atoms with Gasteiger partial charge in [-0.15, -0.1) is 0 Å². The summed E-state index contributed by atoms with van der Waals surface area (Å²) >= 11 is 0. The molecular formula is C17H17F3N2O2S. The summed E-state index contributed by atoms with van der Waals surface area (Å²) in [6.45, 7) is 0. The Balaban J connectivity index is 2.00. The molecule has 0 spiro atoms. The molecule has 2 aromatic rings. The number of fused-ring (bicyclic) bond motifs is 1. The van der Waals surface area contributed by atoms with E-state index in [9.17, 15) is 21.6 Å². The summed E-state index contributed by atoms with van der Waals surface area (Å²) in [5, 5.41) is 0.632. The minimum absolute atomic E-state index is 0.0402. The maximum atomic E-state index is 12.8.